The summed E-state index contributed by atoms with van der Waals surface area (Å²) in [7, 11) is 3.35. The van der Waals surface area contributed by atoms with Gasteiger partial charge in [0, 0.05) is 20.6 Å². The second kappa shape index (κ2) is 9.02. The Morgan fingerprint density at radius 2 is 1.96 bits per heavy atom. The molecule has 3 amide bonds. The molecule has 2 N–H and O–H groups in total. The number of aromatic nitrogens is 1. The lowest BCUT2D eigenvalue weighted by molar-refractivity contribution is -0.130. The summed E-state index contributed by atoms with van der Waals surface area (Å²) in [5.74, 6) is 1.98. The molecule has 1 atom stereocenters. The van der Waals surface area contributed by atoms with Crippen LogP contribution >= 0.6 is 0 Å². The Bertz CT molecular complexity index is 601. The van der Waals surface area contributed by atoms with Gasteiger partial charge < -0.3 is 20.0 Å². The molecule has 1 unspecified atom stereocenters. The van der Waals surface area contributed by atoms with Crippen LogP contribution in [-0.4, -0.2) is 66.5 Å². The molecule has 0 saturated carbocycles. The molecule has 0 radical (unpaired) electrons. The molecular weight excluding hydrogens is 334 g/mol. The van der Waals surface area contributed by atoms with Crippen molar-refractivity contribution in [3.8, 4) is 0 Å². The monoisotopic (exact) mass is 365 g/mol. The third kappa shape index (κ3) is 5.72. The van der Waals surface area contributed by atoms with E-state index >= 15 is 0 Å². The molecule has 0 aromatic carbocycles. The van der Waals surface area contributed by atoms with Gasteiger partial charge in [-0.3, -0.25) is 9.69 Å². The van der Waals surface area contributed by atoms with Crippen molar-refractivity contribution < 1.29 is 14.0 Å². The number of oxazole rings is 1. The number of hydrogen-bond acceptors (Lipinski definition) is 5. The van der Waals surface area contributed by atoms with Crippen molar-refractivity contribution in [3.63, 3.8) is 0 Å². The average Bonchev–Trinajstić information content (AvgIpc) is 2.90. The molecule has 1 aromatic rings. The number of carbonyl (C=O) groups is 2. The van der Waals surface area contributed by atoms with Gasteiger partial charge in [0.2, 0.25) is 11.8 Å². The normalized spacial score (nSPS) is 17.0. The summed E-state index contributed by atoms with van der Waals surface area (Å²) in [5.41, 5.74) is 0.951. The fraction of sp³-hybridized carbons (Fsp3) is 0.722. The molecule has 1 aliphatic rings. The lowest BCUT2D eigenvalue weighted by atomic mass is 9.97. The molecule has 146 valence electrons. The van der Waals surface area contributed by atoms with Crippen LogP contribution in [0.5, 0.6) is 0 Å². The molecule has 1 saturated heterocycles. The van der Waals surface area contributed by atoms with Gasteiger partial charge in [0.25, 0.3) is 0 Å². The van der Waals surface area contributed by atoms with E-state index in [0.717, 1.165) is 49.8 Å². The molecule has 8 nitrogen and oxygen atoms in total. The standard InChI is InChI=1S/C18H31N5O3/c1-12-14(3)26-16(20-12)11-23-8-6-15(7-9-23)10-19-18(25)21-13(2)17(24)22(4)5/h13,15H,6-11H2,1-5H3,(H2,19,21,25). The smallest absolute Gasteiger partial charge is 0.315 e. The first-order valence-electron chi connectivity index (χ1n) is 9.17. The van der Waals surface area contributed by atoms with Gasteiger partial charge >= 0.3 is 6.03 Å². The van der Waals surface area contributed by atoms with Crippen molar-refractivity contribution in [2.75, 3.05) is 33.7 Å². The predicted octanol–water partition coefficient (Wildman–Crippen LogP) is 1.28. The molecule has 0 aliphatic carbocycles. The first-order valence-corrected chi connectivity index (χ1v) is 9.17. The molecule has 26 heavy (non-hydrogen) atoms. The Balaban J connectivity index is 1.67. The van der Waals surface area contributed by atoms with Crippen molar-refractivity contribution in [2.24, 2.45) is 5.92 Å². The maximum atomic E-state index is 11.9. The quantitative estimate of drug-likeness (QED) is 0.792. The highest BCUT2D eigenvalue weighted by atomic mass is 16.4. The molecule has 0 spiro atoms. The van der Waals surface area contributed by atoms with Gasteiger partial charge in [-0.15, -0.1) is 0 Å². The minimum absolute atomic E-state index is 0.120. The van der Waals surface area contributed by atoms with E-state index in [-0.39, 0.29) is 11.9 Å². The molecule has 1 aliphatic heterocycles. The van der Waals surface area contributed by atoms with E-state index in [4.69, 9.17) is 4.42 Å². The van der Waals surface area contributed by atoms with Crippen LogP contribution in [-0.2, 0) is 11.3 Å². The van der Waals surface area contributed by atoms with Gasteiger partial charge in [-0.05, 0) is 52.6 Å². The van der Waals surface area contributed by atoms with Crippen LogP contribution in [0.3, 0.4) is 0 Å². The maximum absolute atomic E-state index is 11.9. The van der Waals surface area contributed by atoms with E-state index in [1.165, 1.54) is 4.90 Å². The number of likely N-dealkylation sites (N-methyl/N-ethyl adjacent to an activating group) is 1. The second-order valence-corrected chi connectivity index (χ2v) is 7.28. The number of carbonyl (C=O) groups excluding carboxylic acids is 2. The van der Waals surface area contributed by atoms with Gasteiger partial charge in [-0.25, -0.2) is 9.78 Å². The van der Waals surface area contributed by atoms with Crippen molar-refractivity contribution in [3.05, 3.63) is 17.3 Å². The van der Waals surface area contributed by atoms with Crippen LogP contribution in [0.4, 0.5) is 4.79 Å². The third-order valence-electron chi connectivity index (χ3n) is 4.85. The van der Waals surface area contributed by atoms with Gasteiger partial charge in [0.05, 0.1) is 12.2 Å². The van der Waals surface area contributed by atoms with Crippen molar-refractivity contribution in [2.45, 2.75) is 46.2 Å². The Labute approximate surface area is 155 Å². The van der Waals surface area contributed by atoms with Crippen LogP contribution in [0, 0.1) is 19.8 Å². The van der Waals surface area contributed by atoms with Crippen LogP contribution in [0.1, 0.15) is 37.1 Å². The third-order valence-corrected chi connectivity index (χ3v) is 4.85. The summed E-state index contributed by atoms with van der Waals surface area (Å²) in [4.78, 5) is 31.9. The number of nitrogens with one attached hydrogen (secondary N) is 2. The molecule has 1 aromatic heterocycles. The Kier molecular flexibility index (Phi) is 7.02. The zero-order valence-corrected chi connectivity index (χ0v) is 16.5. The second-order valence-electron chi connectivity index (χ2n) is 7.28. The van der Waals surface area contributed by atoms with E-state index in [9.17, 15) is 9.59 Å². The van der Waals surface area contributed by atoms with E-state index in [2.05, 4.69) is 20.5 Å². The first-order chi connectivity index (χ1) is 12.3. The van der Waals surface area contributed by atoms with Gasteiger partial charge in [-0.2, -0.15) is 0 Å². The SMILES string of the molecule is Cc1nc(CN2CCC(CNC(=O)NC(C)C(=O)N(C)C)CC2)oc1C. The molecule has 2 rings (SSSR count). The Morgan fingerprint density at radius 1 is 1.31 bits per heavy atom. The largest absolute Gasteiger partial charge is 0.444 e. The zero-order chi connectivity index (χ0) is 19.3. The highest BCUT2D eigenvalue weighted by Gasteiger charge is 2.22. The Hall–Kier alpha value is -2.09. The number of likely N-dealkylation sites (tertiary alicyclic amines) is 1. The fourth-order valence-electron chi connectivity index (χ4n) is 3.08. The van der Waals surface area contributed by atoms with Crippen molar-refractivity contribution in [1.82, 2.24) is 25.4 Å². The molecule has 1 fully saturated rings. The van der Waals surface area contributed by atoms with E-state index in [0.29, 0.717) is 12.5 Å². The average molecular weight is 365 g/mol. The summed E-state index contributed by atoms with van der Waals surface area (Å²) in [5, 5.41) is 5.56. The topological polar surface area (TPSA) is 90.7 Å². The summed E-state index contributed by atoms with van der Waals surface area (Å²) in [6.45, 7) is 8.86. The number of hydrogen-bond donors (Lipinski definition) is 2. The number of piperidine rings is 1. The van der Waals surface area contributed by atoms with E-state index in [1.54, 1.807) is 21.0 Å². The summed E-state index contributed by atoms with van der Waals surface area (Å²) in [6, 6.07) is -0.819. The number of aryl methyl sites for hydroxylation is 2. The minimum Gasteiger partial charge on any atom is -0.444 e. The van der Waals surface area contributed by atoms with Crippen LogP contribution in [0.2, 0.25) is 0 Å². The van der Waals surface area contributed by atoms with E-state index < -0.39 is 6.04 Å². The summed E-state index contributed by atoms with van der Waals surface area (Å²) < 4.78 is 5.65. The van der Waals surface area contributed by atoms with Crippen LogP contribution < -0.4 is 10.6 Å². The number of urea groups is 1. The van der Waals surface area contributed by atoms with Crippen LogP contribution in [0.15, 0.2) is 4.42 Å². The summed E-state index contributed by atoms with van der Waals surface area (Å²) >= 11 is 0. The zero-order valence-electron chi connectivity index (χ0n) is 16.5. The van der Waals surface area contributed by atoms with Gasteiger partial charge in [0.15, 0.2) is 0 Å². The highest BCUT2D eigenvalue weighted by Crippen LogP contribution is 2.19. The molecule has 2 heterocycles. The number of nitrogens with zero attached hydrogens (tertiary/aromatic N) is 3. The number of amides is 3. The first kappa shape index (κ1) is 20.2. The maximum Gasteiger partial charge on any atom is 0.315 e. The van der Waals surface area contributed by atoms with Gasteiger partial charge in [0.1, 0.15) is 11.8 Å². The molecule has 8 heteroatoms. The minimum atomic E-state index is -0.528. The highest BCUT2D eigenvalue weighted by molar-refractivity contribution is 5.86. The lowest BCUT2D eigenvalue weighted by Gasteiger charge is -2.31. The fourth-order valence-corrected chi connectivity index (χ4v) is 3.08. The van der Waals surface area contributed by atoms with Gasteiger partial charge in [-0.1, -0.05) is 0 Å². The lowest BCUT2D eigenvalue weighted by Crippen LogP contribution is -2.49. The number of rotatable bonds is 6. The van der Waals surface area contributed by atoms with Crippen LogP contribution in [0.25, 0.3) is 0 Å². The van der Waals surface area contributed by atoms with Crippen molar-refractivity contribution in [1.29, 1.82) is 0 Å². The van der Waals surface area contributed by atoms with E-state index in [1.807, 2.05) is 13.8 Å². The Morgan fingerprint density at radius 3 is 2.50 bits per heavy atom. The summed E-state index contributed by atoms with van der Waals surface area (Å²) in [6.07, 6.45) is 2.04. The predicted molar refractivity (Wildman–Crippen MR) is 98.7 cm³/mol. The molecular formula is C18H31N5O3. The van der Waals surface area contributed by atoms with Crippen molar-refractivity contribution >= 4 is 11.9 Å². The molecule has 0 bridgehead atoms.